The summed E-state index contributed by atoms with van der Waals surface area (Å²) >= 11 is 0. The number of phosphoric ester groups is 1. The van der Waals surface area contributed by atoms with Crippen LogP contribution in [-0.4, -0.2) is 204 Å². The third-order valence-corrected chi connectivity index (χ3v) is 15.0. The Bertz CT molecular complexity index is 1640. The molecule has 3 fully saturated rings. The summed E-state index contributed by atoms with van der Waals surface area (Å²) in [6.45, 7) is 0.934. The fourth-order valence-electron chi connectivity index (χ4n) is 9.27. The van der Waals surface area contributed by atoms with Gasteiger partial charge >= 0.3 is 19.8 Å². The van der Waals surface area contributed by atoms with Gasteiger partial charge < -0.3 is 89.5 Å². The highest BCUT2D eigenvalue weighted by Gasteiger charge is 2.58. The molecule has 2 aliphatic heterocycles. The van der Waals surface area contributed by atoms with Gasteiger partial charge in [-0.25, -0.2) is 4.57 Å². The number of aliphatic hydroxyl groups excluding tert-OH is 11. The number of rotatable bonds is 40. The van der Waals surface area contributed by atoms with Crippen LogP contribution in [0.25, 0.3) is 0 Å². The summed E-state index contributed by atoms with van der Waals surface area (Å²) in [4.78, 5) is 37.4. The minimum atomic E-state index is -5.63. The SMILES string of the molecule is CCCCC/C=C\C/C=C\CCCCCCCC(=O)OC[C@H](COP(=O)(O)OC1C(O[C@@H]2OC(CO)[C@H](O)C(O)[C@@H]2O)C(O)C(O)C(O)[C@H]1O[C@H]1OC(CO)[C@@H](O)C(O)[C@H]1O)OC(=O)CCCCCCCCCCCCC. The van der Waals surface area contributed by atoms with E-state index in [1.54, 1.807) is 0 Å². The molecule has 0 radical (unpaired) electrons. The standard InChI is InChI=1S/C53H95O23P/c1-3-5-7-9-11-13-15-16-17-18-20-21-23-25-27-29-38(56)69-33-35(71-39(57)30-28-26-24-22-19-14-12-10-8-6-4-2)34-70-77(67,68)76-51-49(74-52-47(65)42(60)40(58)36(31-54)72-52)45(63)44(62)46(64)50(51)75-53-48(66)43(61)41(59)37(32-55)73-53/h11,13,16-17,35-37,40-55,58-66H,3-10,12,14-15,18-34H2,1-2H3,(H,67,68)/b13-11-,17-16-/t35-,36?,37?,40-,41+,42?,43?,44?,45?,46?,47-,48+,49-,50?,51?,52-,53+/m1/s1. The third kappa shape index (κ3) is 24.9. The highest BCUT2D eigenvalue weighted by Crippen LogP contribution is 2.49. The molecule has 2 saturated heterocycles. The van der Waals surface area contributed by atoms with E-state index in [2.05, 4.69) is 38.2 Å². The molecule has 12 N–H and O–H groups in total. The van der Waals surface area contributed by atoms with Gasteiger partial charge in [-0.05, 0) is 44.9 Å². The van der Waals surface area contributed by atoms with E-state index >= 15 is 0 Å². The van der Waals surface area contributed by atoms with Crippen molar-refractivity contribution in [1.29, 1.82) is 0 Å². The number of esters is 2. The van der Waals surface area contributed by atoms with Gasteiger partial charge in [0.25, 0.3) is 0 Å². The number of allylic oxidation sites excluding steroid dienone is 4. The summed E-state index contributed by atoms with van der Waals surface area (Å²) < 4.78 is 58.0. The average molecular weight is 1130 g/mol. The smallest absolute Gasteiger partial charge is 0.462 e. The van der Waals surface area contributed by atoms with E-state index in [1.807, 2.05) is 0 Å². The normalized spacial score (nSPS) is 32.1. The average Bonchev–Trinajstić information content (AvgIpc) is 3.41. The number of unbranched alkanes of at least 4 members (excludes halogenated alkanes) is 18. The Kier molecular flexibility index (Phi) is 34.7. The zero-order valence-electron chi connectivity index (χ0n) is 45.2. The first-order valence-corrected chi connectivity index (χ1v) is 29.7. The van der Waals surface area contributed by atoms with Crippen LogP contribution in [0.4, 0.5) is 0 Å². The molecule has 0 aromatic carbocycles. The first kappa shape index (κ1) is 69.2. The van der Waals surface area contributed by atoms with Gasteiger partial charge in [-0.15, -0.1) is 0 Å². The van der Waals surface area contributed by atoms with E-state index in [9.17, 15) is 75.2 Å². The molecule has 1 saturated carbocycles. The maximum absolute atomic E-state index is 14.0. The predicted octanol–water partition coefficient (Wildman–Crippen LogP) is 2.92. The Morgan fingerprint density at radius 1 is 0.494 bits per heavy atom. The van der Waals surface area contributed by atoms with Crippen LogP contribution < -0.4 is 0 Å². The molecule has 3 rings (SSSR count). The highest BCUT2D eigenvalue weighted by molar-refractivity contribution is 7.47. The van der Waals surface area contributed by atoms with Crippen LogP contribution in [0.5, 0.6) is 0 Å². The second-order valence-corrected chi connectivity index (χ2v) is 21.9. The van der Waals surface area contributed by atoms with Crippen molar-refractivity contribution < 1.29 is 113 Å². The molecule has 0 spiro atoms. The zero-order valence-corrected chi connectivity index (χ0v) is 46.1. The Balaban J connectivity index is 1.73. The summed E-state index contributed by atoms with van der Waals surface area (Å²) in [6, 6.07) is 0. The van der Waals surface area contributed by atoms with Crippen LogP contribution in [0.1, 0.15) is 168 Å². The van der Waals surface area contributed by atoms with Crippen molar-refractivity contribution in [3.8, 4) is 0 Å². The molecule has 10 unspecified atom stereocenters. The second-order valence-electron chi connectivity index (χ2n) is 20.5. The van der Waals surface area contributed by atoms with Crippen LogP contribution in [-0.2, 0) is 51.6 Å². The minimum Gasteiger partial charge on any atom is -0.462 e. The molecule has 24 heteroatoms. The van der Waals surface area contributed by atoms with Crippen molar-refractivity contribution in [1.82, 2.24) is 0 Å². The Morgan fingerprint density at radius 3 is 1.36 bits per heavy atom. The molecule has 77 heavy (non-hydrogen) atoms. The molecule has 18 atom stereocenters. The van der Waals surface area contributed by atoms with Gasteiger partial charge in [-0.2, -0.15) is 0 Å². The van der Waals surface area contributed by atoms with E-state index in [0.717, 1.165) is 77.0 Å². The van der Waals surface area contributed by atoms with E-state index in [4.69, 9.17) is 37.5 Å². The van der Waals surface area contributed by atoms with Crippen molar-refractivity contribution in [2.45, 2.75) is 272 Å². The quantitative estimate of drug-likeness (QED) is 0.0182. The molecule has 23 nitrogen and oxygen atoms in total. The van der Waals surface area contributed by atoms with Crippen LogP contribution in [0.2, 0.25) is 0 Å². The maximum Gasteiger partial charge on any atom is 0.472 e. The monoisotopic (exact) mass is 1130 g/mol. The zero-order chi connectivity index (χ0) is 56.8. The van der Waals surface area contributed by atoms with Crippen LogP contribution in [0.3, 0.4) is 0 Å². The molecule has 0 aromatic rings. The summed E-state index contributed by atoms with van der Waals surface area (Å²) in [5, 5.41) is 116. The molecular formula is C53H95O23P. The van der Waals surface area contributed by atoms with Crippen molar-refractivity contribution in [2.24, 2.45) is 0 Å². The van der Waals surface area contributed by atoms with Crippen molar-refractivity contribution >= 4 is 19.8 Å². The number of phosphoric acid groups is 1. The number of aliphatic hydroxyl groups is 11. The van der Waals surface area contributed by atoms with Crippen LogP contribution in [0.15, 0.2) is 24.3 Å². The van der Waals surface area contributed by atoms with Crippen LogP contribution >= 0.6 is 7.82 Å². The summed E-state index contributed by atoms with van der Waals surface area (Å²) in [6.07, 6.45) is -3.89. The lowest BCUT2D eigenvalue weighted by molar-refractivity contribution is -0.360. The van der Waals surface area contributed by atoms with Crippen LogP contribution in [0, 0.1) is 0 Å². The number of ether oxygens (including phenoxy) is 6. The lowest BCUT2D eigenvalue weighted by Gasteiger charge is -2.49. The third-order valence-electron chi connectivity index (χ3n) is 14.0. The number of hydrogen-bond donors (Lipinski definition) is 12. The van der Waals surface area contributed by atoms with E-state index in [1.165, 1.54) is 51.4 Å². The molecular weight excluding hydrogens is 1040 g/mol. The minimum absolute atomic E-state index is 0.0329. The fraction of sp³-hybridized carbons (Fsp3) is 0.887. The van der Waals surface area contributed by atoms with Gasteiger partial charge in [-0.3, -0.25) is 18.6 Å². The van der Waals surface area contributed by atoms with Gasteiger partial charge in [-0.1, -0.05) is 134 Å². The topological polar surface area (TPSA) is 368 Å². The molecule has 450 valence electrons. The Morgan fingerprint density at radius 2 is 0.896 bits per heavy atom. The molecule has 2 heterocycles. The van der Waals surface area contributed by atoms with Crippen molar-refractivity contribution in [3.63, 3.8) is 0 Å². The van der Waals surface area contributed by atoms with Gasteiger partial charge in [0.1, 0.15) is 92.1 Å². The van der Waals surface area contributed by atoms with E-state index < -0.39 is 150 Å². The Labute approximate surface area is 454 Å². The summed E-state index contributed by atoms with van der Waals surface area (Å²) in [5.74, 6) is -1.35. The lowest BCUT2D eigenvalue weighted by Crippen LogP contribution is -2.69. The summed E-state index contributed by atoms with van der Waals surface area (Å²) in [7, 11) is -5.63. The predicted molar refractivity (Wildman–Crippen MR) is 277 cm³/mol. The number of carbonyl (C=O) groups excluding carboxylic acids is 2. The molecule has 0 amide bonds. The maximum atomic E-state index is 14.0. The van der Waals surface area contributed by atoms with Gasteiger partial charge in [0.2, 0.25) is 0 Å². The first-order chi connectivity index (χ1) is 36.9. The van der Waals surface area contributed by atoms with Gasteiger partial charge in [0.15, 0.2) is 18.7 Å². The van der Waals surface area contributed by atoms with Gasteiger partial charge in [0, 0.05) is 12.8 Å². The van der Waals surface area contributed by atoms with E-state index in [-0.39, 0.29) is 12.8 Å². The number of hydrogen-bond acceptors (Lipinski definition) is 22. The second kappa shape index (κ2) is 38.6. The van der Waals surface area contributed by atoms with E-state index in [0.29, 0.717) is 12.8 Å². The fourth-order valence-corrected chi connectivity index (χ4v) is 10.2. The summed E-state index contributed by atoms with van der Waals surface area (Å²) in [5.41, 5.74) is 0. The molecule has 3 aliphatic rings. The lowest BCUT2D eigenvalue weighted by atomic mass is 9.84. The number of carbonyl (C=O) groups is 2. The van der Waals surface area contributed by atoms with Crippen molar-refractivity contribution in [3.05, 3.63) is 24.3 Å². The molecule has 1 aliphatic carbocycles. The Hall–Kier alpha value is -2.07. The largest absolute Gasteiger partial charge is 0.472 e. The first-order valence-electron chi connectivity index (χ1n) is 28.2. The molecule has 0 bridgehead atoms. The highest BCUT2D eigenvalue weighted by atomic mass is 31.2. The molecule has 0 aromatic heterocycles. The van der Waals surface area contributed by atoms with Gasteiger partial charge in [0.05, 0.1) is 19.8 Å². The van der Waals surface area contributed by atoms with Crippen molar-refractivity contribution in [2.75, 3.05) is 26.4 Å².